The maximum absolute atomic E-state index is 14.0. The van der Waals surface area contributed by atoms with Gasteiger partial charge in [-0.2, -0.15) is 18.3 Å². The summed E-state index contributed by atoms with van der Waals surface area (Å²) < 4.78 is 43.0. The number of anilines is 1. The normalized spacial score (nSPS) is 34.3. The number of hydrogen-bond donors (Lipinski definition) is 2. The van der Waals surface area contributed by atoms with Crippen LogP contribution in [-0.2, 0) is 0 Å². The number of fused-ring (bicyclic) bond motifs is 3. The number of alkyl halides is 3. The molecule has 0 spiro atoms. The van der Waals surface area contributed by atoms with Crippen LogP contribution in [-0.4, -0.2) is 27.4 Å². The van der Waals surface area contributed by atoms with Gasteiger partial charge in [0.1, 0.15) is 11.4 Å². The van der Waals surface area contributed by atoms with Gasteiger partial charge in [-0.15, -0.1) is 0 Å². The van der Waals surface area contributed by atoms with E-state index >= 15 is 0 Å². The number of carbonyl (C=O) groups is 1. The van der Waals surface area contributed by atoms with Crippen LogP contribution in [0.25, 0.3) is 0 Å². The van der Waals surface area contributed by atoms with Gasteiger partial charge < -0.3 is 10.6 Å². The minimum absolute atomic E-state index is 0.123. The average Bonchev–Trinajstić information content (AvgIpc) is 3.26. The van der Waals surface area contributed by atoms with Crippen LogP contribution in [0, 0.1) is 17.8 Å². The first-order chi connectivity index (χ1) is 16.2. The Morgan fingerprint density at radius 2 is 2.00 bits per heavy atom. The lowest BCUT2D eigenvalue weighted by molar-refractivity contribution is -0.173. The fourth-order valence-electron chi connectivity index (χ4n) is 7.29. The summed E-state index contributed by atoms with van der Waals surface area (Å²) in [7, 11) is 0. The first-order valence-electron chi connectivity index (χ1n) is 12.2. The molecule has 0 radical (unpaired) electrons. The molecule has 2 aromatic rings. The fourth-order valence-corrected chi connectivity index (χ4v) is 7.48. The first-order valence-corrected chi connectivity index (χ1v) is 12.6. The van der Waals surface area contributed by atoms with Gasteiger partial charge in [-0.25, -0.2) is 4.68 Å². The van der Waals surface area contributed by atoms with Gasteiger partial charge in [0, 0.05) is 17.0 Å². The maximum Gasteiger partial charge on any atom is 0.410 e. The van der Waals surface area contributed by atoms with E-state index in [1.165, 1.54) is 31.9 Å². The molecule has 4 aliphatic rings. The Morgan fingerprint density at radius 3 is 2.79 bits per heavy atom. The fraction of sp³-hybridized carbons (Fsp3) is 0.600. The van der Waals surface area contributed by atoms with Gasteiger partial charge in [0.25, 0.3) is 5.91 Å². The molecule has 3 aliphatic carbocycles. The molecule has 182 valence electrons. The molecule has 3 bridgehead atoms. The van der Waals surface area contributed by atoms with Crippen molar-refractivity contribution < 1.29 is 18.0 Å². The predicted octanol–water partition coefficient (Wildman–Crippen LogP) is 6.29. The van der Waals surface area contributed by atoms with E-state index in [2.05, 4.69) is 15.7 Å². The van der Waals surface area contributed by atoms with Gasteiger partial charge in [0.15, 0.2) is 6.04 Å². The summed E-state index contributed by atoms with van der Waals surface area (Å²) in [5.74, 6) is 1.73. The molecule has 1 aromatic carbocycles. The van der Waals surface area contributed by atoms with E-state index in [0.29, 0.717) is 28.3 Å². The maximum atomic E-state index is 14.0. The van der Waals surface area contributed by atoms with Crippen LogP contribution >= 0.6 is 11.6 Å². The molecule has 0 saturated heterocycles. The van der Waals surface area contributed by atoms with E-state index < -0.39 is 18.3 Å². The lowest BCUT2D eigenvalue weighted by Crippen LogP contribution is -2.50. The van der Waals surface area contributed by atoms with E-state index in [1.54, 1.807) is 24.3 Å². The van der Waals surface area contributed by atoms with Crippen molar-refractivity contribution in [3.05, 3.63) is 46.6 Å². The Hall–Kier alpha value is -2.22. The number of benzene rings is 1. The summed E-state index contributed by atoms with van der Waals surface area (Å²) >= 11 is 6.10. The highest BCUT2D eigenvalue weighted by atomic mass is 35.5. The standard InChI is InChI=1S/C25H28ClF3N4O/c26-18-6-2-4-15(8-18)20-9-21(25(27,28)29)33-22(31-20)19(13-30-33)23(34)32-24-10-14-3-1-5-16(11-24)17(7-14)12-24/h2,4,6,8,13-14,16-17,20-21,31H,1,3,5,7,9-12H2,(H,32,34). The van der Waals surface area contributed by atoms with Crippen molar-refractivity contribution in [1.29, 1.82) is 0 Å². The van der Waals surface area contributed by atoms with E-state index in [9.17, 15) is 18.0 Å². The minimum atomic E-state index is -4.49. The summed E-state index contributed by atoms with van der Waals surface area (Å²) in [6, 6.07) is 4.36. The molecule has 3 saturated carbocycles. The highest BCUT2D eigenvalue weighted by molar-refractivity contribution is 6.30. The lowest BCUT2D eigenvalue weighted by atomic mass is 9.75. The van der Waals surface area contributed by atoms with Crippen LogP contribution in [0.3, 0.4) is 0 Å². The second-order valence-electron chi connectivity index (χ2n) is 10.8. The smallest absolute Gasteiger partial charge is 0.363 e. The monoisotopic (exact) mass is 492 g/mol. The van der Waals surface area contributed by atoms with Crippen LogP contribution in [0.4, 0.5) is 19.0 Å². The number of amides is 1. The van der Waals surface area contributed by atoms with Crippen LogP contribution in [0.2, 0.25) is 5.02 Å². The number of aromatic nitrogens is 2. The Morgan fingerprint density at radius 1 is 1.18 bits per heavy atom. The minimum Gasteiger partial charge on any atom is -0.363 e. The van der Waals surface area contributed by atoms with Crippen LogP contribution in [0.5, 0.6) is 0 Å². The summed E-state index contributed by atoms with van der Waals surface area (Å²) in [5, 5.41) is 10.9. The Balaban J connectivity index is 1.31. The van der Waals surface area contributed by atoms with Crippen molar-refractivity contribution in [1.82, 2.24) is 15.1 Å². The van der Waals surface area contributed by atoms with Gasteiger partial charge in [-0.1, -0.05) is 43.0 Å². The molecule has 6 atom stereocenters. The van der Waals surface area contributed by atoms with Crippen molar-refractivity contribution in [2.75, 3.05) is 5.32 Å². The topological polar surface area (TPSA) is 59.0 Å². The summed E-state index contributed by atoms with van der Waals surface area (Å²) in [6.07, 6.45) is 4.44. The molecular weight excluding hydrogens is 465 g/mol. The van der Waals surface area contributed by atoms with E-state index in [1.807, 2.05) is 0 Å². The summed E-state index contributed by atoms with van der Waals surface area (Å²) in [4.78, 5) is 13.5. The highest BCUT2D eigenvalue weighted by Gasteiger charge is 2.53. The molecule has 2 heterocycles. The molecule has 6 rings (SSSR count). The number of nitrogens with one attached hydrogen (secondary N) is 2. The molecule has 3 fully saturated rings. The number of rotatable bonds is 3. The average molecular weight is 493 g/mol. The second-order valence-corrected chi connectivity index (χ2v) is 11.2. The third-order valence-corrected chi connectivity index (χ3v) is 8.82. The van der Waals surface area contributed by atoms with Crippen LogP contribution < -0.4 is 10.6 Å². The zero-order chi connectivity index (χ0) is 23.7. The molecule has 5 nitrogen and oxygen atoms in total. The van der Waals surface area contributed by atoms with Crippen LogP contribution in [0.15, 0.2) is 30.5 Å². The number of halogens is 4. The van der Waals surface area contributed by atoms with Crippen LogP contribution in [0.1, 0.15) is 79.4 Å². The number of hydrogen-bond acceptors (Lipinski definition) is 3. The van der Waals surface area contributed by atoms with E-state index in [-0.39, 0.29) is 29.2 Å². The van der Waals surface area contributed by atoms with Gasteiger partial charge in [-0.3, -0.25) is 4.79 Å². The predicted molar refractivity (Wildman–Crippen MR) is 123 cm³/mol. The first kappa shape index (κ1) is 22.3. The molecule has 9 heteroatoms. The lowest BCUT2D eigenvalue weighted by Gasteiger charge is -2.39. The largest absolute Gasteiger partial charge is 0.410 e. The Bertz CT molecular complexity index is 1110. The van der Waals surface area contributed by atoms with E-state index in [0.717, 1.165) is 23.9 Å². The third kappa shape index (κ3) is 3.78. The molecule has 1 amide bonds. The van der Waals surface area contributed by atoms with Crippen molar-refractivity contribution >= 4 is 23.3 Å². The number of carbonyl (C=O) groups excluding carboxylic acids is 1. The van der Waals surface area contributed by atoms with Gasteiger partial charge in [0.2, 0.25) is 0 Å². The van der Waals surface area contributed by atoms with E-state index in [4.69, 9.17) is 11.6 Å². The van der Waals surface area contributed by atoms with Crippen molar-refractivity contribution in [2.45, 2.75) is 75.2 Å². The zero-order valence-corrected chi connectivity index (χ0v) is 19.5. The molecule has 34 heavy (non-hydrogen) atoms. The quantitative estimate of drug-likeness (QED) is 0.529. The SMILES string of the molecule is O=C(NC12CC3CCCC(C1)C(C3)C2)c1cnn2c1NC(c1cccc(Cl)c1)CC2C(F)(F)F. The van der Waals surface area contributed by atoms with Crippen molar-refractivity contribution in [2.24, 2.45) is 17.8 Å². The molecule has 1 aromatic heterocycles. The highest BCUT2D eigenvalue weighted by Crippen LogP contribution is 2.55. The summed E-state index contributed by atoms with van der Waals surface area (Å²) in [6.45, 7) is 0. The second kappa shape index (κ2) is 7.90. The zero-order valence-electron chi connectivity index (χ0n) is 18.7. The Kier molecular flexibility index (Phi) is 5.17. The van der Waals surface area contributed by atoms with Crippen molar-refractivity contribution in [3.8, 4) is 0 Å². The Labute approximate surface area is 201 Å². The summed E-state index contributed by atoms with van der Waals surface area (Å²) in [5.41, 5.74) is 0.585. The molecule has 6 unspecified atom stereocenters. The van der Waals surface area contributed by atoms with Crippen molar-refractivity contribution in [3.63, 3.8) is 0 Å². The molecule has 2 N–H and O–H groups in total. The van der Waals surface area contributed by atoms with Gasteiger partial charge in [-0.05, 0) is 61.1 Å². The number of nitrogens with zero attached hydrogens (tertiary/aromatic N) is 2. The third-order valence-electron chi connectivity index (χ3n) is 8.59. The molecular formula is C25H28ClF3N4O. The van der Waals surface area contributed by atoms with Gasteiger partial charge >= 0.3 is 6.18 Å². The van der Waals surface area contributed by atoms with Gasteiger partial charge in [0.05, 0.1) is 12.2 Å². The molecule has 1 aliphatic heterocycles.